The fourth-order valence-corrected chi connectivity index (χ4v) is 3.25. The first-order valence-electron chi connectivity index (χ1n) is 5.71. The normalized spacial score (nSPS) is 28.7. The van der Waals surface area contributed by atoms with Crippen LogP contribution in [-0.4, -0.2) is 31.0 Å². The van der Waals surface area contributed by atoms with E-state index in [0.717, 1.165) is 13.0 Å². The maximum atomic E-state index is 11.0. The average Bonchev–Trinajstić information content (AvgIpc) is 2.95. The lowest BCUT2D eigenvalue weighted by molar-refractivity contribution is -0.140. The van der Waals surface area contributed by atoms with Crippen molar-refractivity contribution in [3.8, 4) is 0 Å². The average molecular weight is 242 g/mol. The van der Waals surface area contributed by atoms with Gasteiger partial charge in [-0.3, -0.25) is 4.79 Å². The lowest BCUT2D eigenvalue weighted by Gasteiger charge is -2.18. The van der Waals surface area contributed by atoms with Crippen molar-refractivity contribution >= 4 is 17.7 Å². The number of thioether (sulfide) groups is 1. The SMILES string of the molecule is COC(=O)CCC1=CNC([C@@H]2CCCN2)S1. The lowest BCUT2D eigenvalue weighted by Crippen LogP contribution is -2.38. The smallest absolute Gasteiger partial charge is 0.305 e. The van der Waals surface area contributed by atoms with Gasteiger partial charge in [0.05, 0.1) is 18.9 Å². The van der Waals surface area contributed by atoms with E-state index in [1.165, 1.54) is 24.9 Å². The molecule has 0 aromatic carbocycles. The molecule has 4 nitrogen and oxygen atoms in total. The van der Waals surface area contributed by atoms with Crippen LogP contribution in [0, 0.1) is 0 Å². The number of rotatable bonds is 4. The highest BCUT2D eigenvalue weighted by molar-refractivity contribution is 8.03. The summed E-state index contributed by atoms with van der Waals surface area (Å²) in [6.45, 7) is 1.13. The number of hydrogen-bond acceptors (Lipinski definition) is 5. The Kier molecular flexibility index (Phi) is 4.12. The molecule has 0 amide bonds. The molecule has 2 heterocycles. The quantitative estimate of drug-likeness (QED) is 0.725. The highest BCUT2D eigenvalue weighted by Gasteiger charge is 2.28. The Hall–Kier alpha value is -0.680. The molecular formula is C11H18N2O2S. The first kappa shape index (κ1) is 11.8. The van der Waals surface area contributed by atoms with Gasteiger partial charge in [-0.05, 0) is 25.8 Å². The zero-order chi connectivity index (χ0) is 11.4. The van der Waals surface area contributed by atoms with Crippen LogP contribution in [0.25, 0.3) is 0 Å². The second-order valence-corrected chi connectivity index (χ2v) is 5.36. The topological polar surface area (TPSA) is 50.4 Å². The van der Waals surface area contributed by atoms with Crippen LogP contribution >= 0.6 is 11.8 Å². The van der Waals surface area contributed by atoms with Crippen molar-refractivity contribution in [1.29, 1.82) is 0 Å². The molecule has 0 aromatic rings. The summed E-state index contributed by atoms with van der Waals surface area (Å²) < 4.78 is 4.63. The van der Waals surface area contributed by atoms with Gasteiger partial charge in [0, 0.05) is 17.1 Å². The largest absolute Gasteiger partial charge is 0.469 e. The molecule has 1 saturated heterocycles. The van der Waals surface area contributed by atoms with E-state index >= 15 is 0 Å². The summed E-state index contributed by atoms with van der Waals surface area (Å²) in [6.07, 6.45) is 5.80. The van der Waals surface area contributed by atoms with E-state index in [1.54, 1.807) is 0 Å². The van der Waals surface area contributed by atoms with Crippen molar-refractivity contribution in [2.24, 2.45) is 0 Å². The molecule has 16 heavy (non-hydrogen) atoms. The van der Waals surface area contributed by atoms with E-state index in [9.17, 15) is 4.79 Å². The number of ether oxygens (including phenoxy) is 1. The minimum absolute atomic E-state index is 0.135. The Labute approximate surface area is 100 Å². The Morgan fingerprint density at radius 3 is 3.25 bits per heavy atom. The molecule has 2 aliphatic rings. The predicted octanol–water partition coefficient (Wildman–Crippen LogP) is 1.20. The van der Waals surface area contributed by atoms with Crippen LogP contribution in [-0.2, 0) is 9.53 Å². The number of nitrogens with one attached hydrogen (secondary N) is 2. The molecule has 0 saturated carbocycles. The summed E-state index contributed by atoms with van der Waals surface area (Å²) >= 11 is 1.84. The standard InChI is InChI=1S/C11H18N2O2S/c1-15-10(14)5-4-8-7-13-11(16-8)9-3-2-6-12-9/h7,9,11-13H,2-6H2,1H3/t9-,11?/m0/s1. The number of hydrogen-bond donors (Lipinski definition) is 2. The van der Waals surface area contributed by atoms with E-state index in [-0.39, 0.29) is 5.97 Å². The third-order valence-corrected chi connectivity index (χ3v) is 4.30. The van der Waals surface area contributed by atoms with E-state index in [0.29, 0.717) is 17.8 Å². The molecular weight excluding hydrogens is 224 g/mol. The van der Waals surface area contributed by atoms with E-state index < -0.39 is 0 Å². The number of methoxy groups -OCH3 is 1. The lowest BCUT2D eigenvalue weighted by atomic mass is 10.2. The van der Waals surface area contributed by atoms with Gasteiger partial charge in [-0.2, -0.15) is 0 Å². The number of carbonyl (C=O) groups excluding carboxylic acids is 1. The van der Waals surface area contributed by atoms with Crippen LogP contribution in [0.3, 0.4) is 0 Å². The van der Waals surface area contributed by atoms with Crippen molar-refractivity contribution in [1.82, 2.24) is 10.6 Å². The maximum absolute atomic E-state index is 11.0. The molecule has 0 aliphatic carbocycles. The van der Waals surface area contributed by atoms with Crippen LogP contribution in [0.15, 0.2) is 11.1 Å². The third-order valence-electron chi connectivity index (χ3n) is 2.95. The Bertz CT molecular complexity index is 288. The molecule has 2 N–H and O–H groups in total. The molecule has 1 unspecified atom stereocenters. The molecule has 2 rings (SSSR count). The second kappa shape index (κ2) is 5.59. The van der Waals surface area contributed by atoms with Gasteiger partial charge >= 0.3 is 5.97 Å². The van der Waals surface area contributed by atoms with Crippen LogP contribution in [0.5, 0.6) is 0 Å². The fourth-order valence-electron chi connectivity index (χ4n) is 2.03. The van der Waals surface area contributed by atoms with Crippen LogP contribution in [0.2, 0.25) is 0 Å². The van der Waals surface area contributed by atoms with Crippen molar-refractivity contribution in [2.45, 2.75) is 37.1 Å². The third kappa shape index (κ3) is 2.92. The minimum Gasteiger partial charge on any atom is -0.469 e. The van der Waals surface area contributed by atoms with Crippen molar-refractivity contribution in [2.75, 3.05) is 13.7 Å². The zero-order valence-electron chi connectivity index (χ0n) is 9.49. The van der Waals surface area contributed by atoms with Gasteiger partial charge in [0.15, 0.2) is 0 Å². The first-order valence-corrected chi connectivity index (χ1v) is 6.59. The molecule has 2 aliphatic heterocycles. The number of carbonyl (C=O) groups is 1. The van der Waals surface area contributed by atoms with Gasteiger partial charge in [-0.1, -0.05) is 0 Å². The first-order chi connectivity index (χ1) is 7.79. The van der Waals surface area contributed by atoms with Crippen LogP contribution in [0.1, 0.15) is 25.7 Å². The van der Waals surface area contributed by atoms with E-state index in [1.807, 2.05) is 18.0 Å². The molecule has 0 bridgehead atoms. The Balaban J connectivity index is 1.72. The highest BCUT2D eigenvalue weighted by Crippen LogP contribution is 2.32. The van der Waals surface area contributed by atoms with Gasteiger partial charge in [0.1, 0.15) is 0 Å². The van der Waals surface area contributed by atoms with Gasteiger partial charge in [0.2, 0.25) is 0 Å². The van der Waals surface area contributed by atoms with Crippen molar-refractivity contribution < 1.29 is 9.53 Å². The Morgan fingerprint density at radius 2 is 2.56 bits per heavy atom. The second-order valence-electron chi connectivity index (χ2n) is 4.09. The molecule has 1 fully saturated rings. The fraction of sp³-hybridized carbons (Fsp3) is 0.727. The molecule has 0 spiro atoms. The summed E-state index contributed by atoms with van der Waals surface area (Å²) in [7, 11) is 1.43. The molecule has 5 heteroatoms. The Morgan fingerprint density at radius 1 is 1.69 bits per heavy atom. The maximum Gasteiger partial charge on any atom is 0.305 e. The number of esters is 1. The summed E-state index contributed by atoms with van der Waals surface area (Å²) in [6, 6.07) is 0.567. The predicted molar refractivity (Wildman–Crippen MR) is 64.9 cm³/mol. The van der Waals surface area contributed by atoms with Gasteiger partial charge < -0.3 is 15.4 Å². The molecule has 90 valence electrons. The van der Waals surface area contributed by atoms with Crippen molar-refractivity contribution in [3.05, 3.63) is 11.1 Å². The number of allylic oxidation sites excluding steroid dienone is 1. The minimum atomic E-state index is -0.135. The molecule has 0 aromatic heterocycles. The van der Waals surface area contributed by atoms with E-state index in [2.05, 4.69) is 15.4 Å². The van der Waals surface area contributed by atoms with Crippen molar-refractivity contribution in [3.63, 3.8) is 0 Å². The van der Waals surface area contributed by atoms with Crippen LogP contribution in [0.4, 0.5) is 0 Å². The zero-order valence-corrected chi connectivity index (χ0v) is 10.3. The summed E-state index contributed by atoms with van der Waals surface area (Å²) in [5, 5.41) is 7.30. The summed E-state index contributed by atoms with van der Waals surface area (Å²) in [5.74, 6) is -0.135. The molecule has 0 radical (unpaired) electrons. The van der Waals surface area contributed by atoms with Crippen LogP contribution < -0.4 is 10.6 Å². The summed E-state index contributed by atoms with van der Waals surface area (Å²) in [5.41, 5.74) is 0. The molecule has 2 atom stereocenters. The highest BCUT2D eigenvalue weighted by atomic mass is 32.2. The van der Waals surface area contributed by atoms with Gasteiger partial charge in [-0.15, -0.1) is 11.8 Å². The van der Waals surface area contributed by atoms with Gasteiger partial charge in [-0.25, -0.2) is 0 Å². The monoisotopic (exact) mass is 242 g/mol. The van der Waals surface area contributed by atoms with E-state index in [4.69, 9.17) is 0 Å². The summed E-state index contributed by atoms with van der Waals surface area (Å²) in [4.78, 5) is 12.3. The van der Waals surface area contributed by atoms with Gasteiger partial charge in [0.25, 0.3) is 0 Å².